The highest BCUT2D eigenvalue weighted by atomic mass is 16.5. The zero-order valence-electron chi connectivity index (χ0n) is 11.6. The molecule has 104 valence electrons. The number of carbonyl (C=O) groups is 2. The Morgan fingerprint density at radius 1 is 1.16 bits per heavy atom. The molecular weight excluding hydrogens is 242 g/mol. The normalized spacial score (nSPS) is 10.0. The number of nitrogens with one attached hydrogen (secondary N) is 1. The minimum atomic E-state index is -0.433. The van der Waals surface area contributed by atoms with E-state index < -0.39 is 5.97 Å². The molecule has 4 heteroatoms. The second-order valence-electron chi connectivity index (χ2n) is 4.39. The Morgan fingerprint density at radius 3 is 2.58 bits per heavy atom. The Labute approximate surface area is 114 Å². The van der Waals surface area contributed by atoms with Crippen LogP contribution in [-0.2, 0) is 4.74 Å². The molecule has 4 nitrogen and oxygen atoms in total. The summed E-state index contributed by atoms with van der Waals surface area (Å²) >= 11 is 0. The molecular formula is C15H21NO3. The van der Waals surface area contributed by atoms with Gasteiger partial charge in [0.1, 0.15) is 0 Å². The first-order valence-electron chi connectivity index (χ1n) is 6.65. The number of rotatable bonds is 7. The van der Waals surface area contributed by atoms with Gasteiger partial charge < -0.3 is 10.1 Å². The molecule has 0 aromatic heterocycles. The van der Waals surface area contributed by atoms with E-state index in [0.29, 0.717) is 17.7 Å². The molecule has 0 radical (unpaired) electrons. The third kappa shape index (κ3) is 5.12. The third-order valence-electron chi connectivity index (χ3n) is 2.86. The number of esters is 1. The van der Waals surface area contributed by atoms with Crippen molar-refractivity contribution >= 4 is 11.9 Å². The molecule has 19 heavy (non-hydrogen) atoms. The molecule has 0 saturated heterocycles. The quantitative estimate of drug-likeness (QED) is 0.608. The summed E-state index contributed by atoms with van der Waals surface area (Å²) in [4.78, 5) is 23.2. The van der Waals surface area contributed by atoms with Crippen LogP contribution in [0.1, 0.15) is 53.3 Å². The molecule has 0 aliphatic carbocycles. The van der Waals surface area contributed by atoms with Crippen LogP contribution in [0.25, 0.3) is 0 Å². The number of hydrogen-bond acceptors (Lipinski definition) is 3. The highest BCUT2D eigenvalue weighted by Crippen LogP contribution is 2.07. The monoisotopic (exact) mass is 263 g/mol. The van der Waals surface area contributed by atoms with E-state index in [2.05, 4.69) is 17.0 Å². The Kier molecular flexibility index (Phi) is 6.64. The van der Waals surface area contributed by atoms with Crippen molar-refractivity contribution in [1.82, 2.24) is 5.32 Å². The number of ether oxygens (including phenoxy) is 1. The lowest BCUT2D eigenvalue weighted by Gasteiger charge is -2.06. The molecule has 0 aliphatic heterocycles. The first-order chi connectivity index (χ1) is 9.19. The standard InChI is InChI=1S/C15H21NO3/c1-3-4-5-6-10-16-14(17)12-8-7-9-13(11-12)15(18)19-2/h7-9,11H,3-6,10H2,1-2H3,(H,16,17). The molecule has 1 aromatic carbocycles. The number of amides is 1. The molecule has 0 spiro atoms. The summed E-state index contributed by atoms with van der Waals surface area (Å²) in [6.07, 6.45) is 4.47. The molecule has 1 aromatic rings. The second kappa shape index (κ2) is 8.29. The summed E-state index contributed by atoms with van der Waals surface area (Å²) < 4.78 is 4.63. The van der Waals surface area contributed by atoms with Crippen molar-refractivity contribution in [1.29, 1.82) is 0 Å². The van der Waals surface area contributed by atoms with Crippen LogP contribution < -0.4 is 5.32 Å². The van der Waals surface area contributed by atoms with Crippen molar-refractivity contribution in [3.8, 4) is 0 Å². The minimum Gasteiger partial charge on any atom is -0.465 e. The van der Waals surface area contributed by atoms with Crippen LogP contribution in [0.2, 0.25) is 0 Å². The van der Waals surface area contributed by atoms with Crippen molar-refractivity contribution in [2.45, 2.75) is 32.6 Å². The van der Waals surface area contributed by atoms with Gasteiger partial charge in [0, 0.05) is 12.1 Å². The van der Waals surface area contributed by atoms with Gasteiger partial charge in [0.25, 0.3) is 5.91 Å². The Bertz CT molecular complexity index is 429. The van der Waals surface area contributed by atoms with E-state index in [4.69, 9.17) is 0 Å². The SMILES string of the molecule is CCCCCCNC(=O)c1cccc(C(=O)OC)c1. The van der Waals surface area contributed by atoms with Crippen LogP contribution in [0, 0.1) is 0 Å². The number of unbranched alkanes of at least 4 members (excludes halogenated alkanes) is 3. The summed E-state index contributed by atoms with van der Waals surface area (Å²) in [6.45, 7) is 2.82. The molecule has 0 saturated carbocycles. The molecule has 1 rings (SSSR count). The van der Waals surface area contributed by atoms with E-state index in [1.807, 2.05) is 0 Å². The number of benzene rings is 1. The van der Waals surface area contributed by atoms with Gasteiger partial charge in [-0.3, -0.25) is 4.79 Å². The molecule has 0 unspecified atom stereocenters. The predicted octanol–water partition coefficient (Wildman–Crippen LogP) is 2.78. The van der Waals surface area contributed by atoms with E-state index >= 15 is 0 Å². The van der Waals surface area contributed by atoms with Crippen LogP contribution in [0.3, 0.4) is 0 Å². The van der Waals surface area contributed by atoms with Gasteiger partial charge in [-0.15, -0.1) is 0 Å². The Hall–Kier alpha value is -1.84. The fourth-order valence-electron chi connectivity index (χ4n) is 1.76. The first kappa shape index (κ1) is 15.2. The molecule has 1 amide bonds. The first-order valence-corrected chi connectivity index (χ1v) is 6.65. The van der Waals surface area contributed by atoms with E-state index in [0.717, 1.165) is 12.8 Å². The Morgan fingerprint density at radius 2 is 1.89 bits per heavy atom. The maximum atomic E-state index is 11.9. The van der Waals surface area contributed by atoms with E-state index in [1.165, 1.54) is 20.0 Å². The zero-order chi connectivity index (χ0) is 14.1. The number of hydrogen-bond donors (Lipinski definition) is 1. The number of carbonyl (C=O) groups excluding carboxylic acids is 2. The van der Waals surface area contributed by atoms with Crippen LogP contribution in [0.5, 0.6) is 0 Å². The van der Waals surface area contributed by atoms with Gasteiger partial charge in [0.05, 0.1) is 12.7 Å². The van der Waals surface area contributed by atoms with Crippen LogP contribution in [0.15, 0.2) is 24.3 Å². The lowest BCUT2D eigenvalue weighted by atomic mass is 10.1. The maximum Gasteiger partial charge on any atom is 0.337 e. The highest BCUT2D eigenvalue weighted by molar-refractivity contribution is 5.97. The fourth-order valence-corrected chi connectivity index (χ4v) is 1.76. The van der Waals surface area contributed by atoms with Gasteiger partial charge >= 0.3 is 5.97 Å². The summed E-state index contributed by atoms with van der Waals surface area (Å²) in [6, 6.07) is 6.54. The van der Waals surface area contributed by atoms with Crippen molar-refractivity contribution in [3.05, 3.63) is 35.4 Å². The highest BCUT2D eigenvalue weighted by Gasteiger charge is 2.09. The summed E-state index contributed by atoms with van der Waals surface area (Å²) in [5, 5.41) is 2.85. The summed E-state index contributed by atoms with van der Waals surface area (Å²) in [5.41, 5.74) is 0.875. The van der Waals surface area contributed by atoms with Crippen molar-refractivity contribution < 1.29 is 14.3 Å². The summed E-state index contributed by atoms with van der Waals surface area (Å²) in [7, 11) is 1.32. The fraction of sp³-hybridized carbons (Fsp3) is 0.467. The van der Waals surface area contributed by atoms with Gasteiger partial charge in [-0.1, -0.05) is 32.3 Å². The van der Waals surface area contributed by atoms with Gasteiger partial charge in [0.2, 0.25) is 0 Å². The van der Waals surface area contributed by atoms with Gasteiger partial charge in [0.15, 0.2) is 0 Å². The van der Waals surface area contributed by atoms with Crippen molar-refractivity contribution in [2.24, 2.45) is 0 Å². The van der Waals surface area contributed by atoms with Crippen molar-refractivity contribution in [3.63, 3.8) is 0 Å². The zero-order valence-corrected chi connectivity index (χ0v) is 11.6. The predicted molar refractivity (Wildman–Crippen MR) is 74.3 cm³/mol. The number of methoxy groups -OCH3 is 1. The molecule has 0 heterocycles. The average molecular weight is 263 g/mol. The average Bonchev–Trinajstić information content (AvgIpc) is 2.46. The lowest BCUT2D eigenvalue weighted by Crippen LogP contribution is -2.24. The lowest BCUT2D eigenvalue weighted by molar-refractivity contribution is 0.0600. The van der Waals surface area contributed by atoms with Gasteiger partial charge in [-0.05, 0) is 24.6 Å². The van der Waals surface area contributed by atoms with E-state index in [9.17, 15) is 9.59 Å². The minimum absolute atomic E-state index is 0.151. The maximum absolute atomic E-state index is 11.9. The van der Waals surface area contributed by atoms with Crippen LogP contribution in [0.4, 0.5) is 0 Å². The smallest absolute Gasteiger partial charge is 0.337 e. The topological polar surface area (TPSA) is 55.4 Å². The third-order valence-corrected chi connectivity index (χ3v) is 2.86. The second-order valence-corrected chi connectivity index (χ2v) is 4.39. The van der Waals surface area contributed by atoms with Gasteiger partial charge in [-0.25, -0.2) is 4.79 Å². The molecule has 0 atom stereocenters. The van der Waals surface area contributed by atoms with E-state index in [1.54, 1.807) is 24.3 Å². The Balaban J connectivity index is 2.50. The van der Waals surface area contributed by atoms with E-state index in [-0.39, 0.29) is 5.91 Å². The summed E-state index contributed by atoms with van der Waals surface area (Å²) in [5.74, 6) is -0.583. The largest absolute Gasteiger partial charge is 0.465 e. The van der Waals surface area contributed by atoms with Crippen LogP contribution >= 0.6 is 0 Å². The van der Waals surface area contributed by atoms with Crippen LogP contribution in [-0.4, -0.2) is 25.5 Å². The molecule has 1 N–H and O–H groups in total. The molecule has 0 aliphatic rings. The van der Waals surface area contributed by atoms with Gasteiger partial charge in [-0.2, -0.15) is 0 Å². The van der Waals surface area contributed by atoms with Crippen molar-refractivity contribution in [2.75, 3.05) is 13.7 Å². The molecule has 0 fully saturated rings. The molecule has 0 bridgehead atoms.